The number of halogens is 1. The fourth-order valence-electron chi connectivity index (χ4n) is 1.24. The van der Waals surface area contributed by atoms with Crippen LogP contribution in [-0.2, 0) is 4.79 Å². The summed E-state index contributed by atoms with van der Waals surface area (Å²) in [6, 6.07) is 5.47. The van der Waals surface area contributed by atoms with Gasteiger partial charge in [0.25, 0.3) is 0 Å². The zero-order valence-corrected chi connectivity index (χ0v) is 11.2. The molecule has 0 saturated carbocycles. The molecule has 5 heteroatoms. The maximum atomic E-state index is 11.6. The molecule has 1 aromatic rings. The van der Waals surface area contributed by atoms with Gasteiger partial charge in [0, 0.05) is 0 Å². The van der Waals surface area contributed by atoms with E-state index in [-0.39, 0.29) is 5.91 Å². The molecule has 0 aliphatic heterocycles. The van der Waals surface area contributed by atoms with Crippen LogP contribution in [0.1, 0.15) is 0 Å². The molecule has 4 nitrogen and oxygen atoms in total. The van der Waals surface area contributed by atoms with Crippen molar-refractivity contribution >= 4 is 27.5 Å². The Labute approximate surface area is 104 Å². The van der Waals surface area contributed by atoms with Crippen LogP contribution in [0.25, 0.3) is 0 Å². The van der Waals surface area contributed by atoms with E-state index in [1.807, 2.05) is 37.2 Å². The zero-order valence-electron chi connectivity index (χ0n) is 9.58. The summed E-state index contributed by atoms with van der Waals surface area (Å²) >= 11 is 3.38. The number of nitrogens with one attached hydrogen (secondary N) is 1. The van der Waals surface area contributed by atoms with Crippen LogP contribution in [0.4, 0.5) is 5.69 Å². The summed E-state index contributed by atoms with van der Waals surface area (Å²) in [7, 11) is 5.28. The first-order chi connectivity index (χ1) is 7.54. The number of hydrogen-bond acceptors (Lipinski definition) is 3. The molecule has 0 bridgehead atoms. The molecule has 88 valence electrons. The first-order valence-corrected chi connectivity index (χ1v) is 5.61. The second-order valence-electron chi connectivity index (χ2n) is 3.61. The minimum absolute atomic E-state index is 0.0565. The fourth-order valence-corrected chi connectivity index (χ4v) is 1.77. The summed E-state index contributed by atoms with van der Waals surface area (Å²) in [5, 5.41) is 2.81. The van der Waals surface area contributed by atoms with Crippen LogP contribution < -0.4 is 10.1 Å². The third-order valence-electron chi connectivity index (χ3n) is 1.92. The van der Waals surface area contributed by atoms with E-state index in [0.29, 0.717) is 18.0 Å². The third-order valence-corrected chi connectivity index (χ3v) is 2.74. The van der Waals surface area contributed by atoms with Crippen LogP contribution in [0.2, 0.25) is 0 Å². The average Bonchev–Trinajstić information content (AvgIpc) is 2.20. The van der Waals surface area contributed by atoms with Crippen LogP contribution >= 0.6 is 15.9 Å². The second-order valence-corrected chi connectivity index (χ2v) is 4.40. The van der Waals surface area contributed by atoms with Crippen molar-refractivity contribution in [3.8, 4) is 5.75 Å². The standard InChI is InChI=1S/C11H15BrN2O2/c1-14(2)7-10(15)13-8-5-4-6-9(16-3)11(8)12/h4-6H,7H2,1-3H3,(H,13,15). The fraction of sp³-hybridized carbons (Fsp3) is 0.364. The SMILES string of the molecule is COc1cccc(NC(=O)CN(C)C)c1Br. The van der Waals surface area contributed by atoms with Gasteiger partial charge in [0.2, 0.25) is 5.91 Å². The Hall–Kier alpha value is -1.07. The Balaban J connectivity index is 2.77. The molecule has 0 unspecified atom stereocenters. The highest BCUT2D eigenvalue weighted by molar-refractivity contribution is 9.10. The van der Waals surface area contributed by atoms with Crippen LogP contribution in [0.5, 0.6) is 5.75 Å². The number of nitrogens with zero attached hydrogens (tertiary/aromatic N) is 1. The van der Waals surface area contributed by atoms with Crippen LogP contribution in [0, 0.1) is 0 Å². The lowest BCUT2D eigenvalue weighted by molar-refractivity contribution is -0.116. The molecular weight excluding hydrogens is 272 g/mol. The van der Waals surface area contributed by atoms with Gasteiger partial charge in [-0.3, -0.25) is 4.79 Å². The maximum Gasteiger partial charge on any atom is 0.238 e. The highest BCUT2D eigenvalue weighted by Gasteiger charge is 2.09. The van der Waals surface area contributed by atoms with Gasteiger partial charge in [-0.05, 0) is 42.2 Å². The van der Waals surface area contributed by atoms with Crippen molar-refractivity contribution in [2.24, 2.45) is 0 Å². The Morgan fingerprint density at radius 3 is 2.75 bits per heavy atom. The lowest BCUT2D eigenvalue weighted by Crippen LogP contribution is -2.27. The molecule has 0 aliphatic carbocycles. The Morgan fingerprint density at radius 1 is 1.50 bits per heavy atom. The molecule has 0 heterocycles. The van der Waals surface area contributed by atoms with Gasteiger partial charge < -0.3 is 15.0 Å². The number of carbonyl (C=O) groups is 1. The number of carbonyl (C=O) groups excluding carboxylic acids is 1. The Kier molecular flexibility index (Phi) is 4.76. The summed E-state index contributed by atoms with van der Waals surface area (Å²) in [4.78, 5) is 13.4. The molecule has 0 aliphatic rings. The number of likely N-dealkylation sites (N-methyl/N-ethyl adjacent to an activating group) is 1. The van der Waals surface area contributed by atoms with Gasteiger partial charge in [-0.15, -0.1) is 0 Å². The predicted molar refractivity (Wildman–Crippen MR) is 67.9 cm³/mol. The summed E-state index contributed by atoms with van der Waals surface area (Å²) in [5.74, 6) is 0.640. The number of amides is 1. The molecule has 0 atom stereocenters. The predicted octanol–water partition coefficient (Wildman–Crippen LogP) is 1.96. The van der Waals surface area contributed by atoms with Crippen LogP contribution in [0.3, 0.4) is 0 Å². The van der Waals surface area contributed by atoms with E-state index in [0.717, 1.165) is 4.47 Å². The molecule has 1 rings (SSSR count). The number of ether oxygens (including phenoxy) is 1. The van der Waals surface area contributed by atoms with E-state index < -0.39 is 0 Å². The average molecular weight is 287 g/mol. The van der Waals surface area contributed by atoms with Crippen molar-refractivity contribution in [1.82, 2.24) is 4.90 Å². The van der Waals surface area contributed by atoms with E-state index in [1.165, 1.54) is 0 Å². The smallest absolute Gasteiger partial charge is 0.238 e. The summed E-state index contributed by atoms with van der Waals surface area (Å²) < 4.78 is 5.89. The molecule has 0 fully saturated rings. The number of anilines is 1. The zero-order chi connectivity index (χ0) is 12.1. The lowest BCUT2D eigenvalue weighted by atomic mass is 10.3. The van der Waals surface area contributed by atoms with E-state index in [4.69, 9.17) is 4.74 Å². The van der Waals surface area contributed by atoms with Gasteiger partial charge in [0.1, 0.15) is 5.75 Å². The summed E-state index contributed by atoms with van der Waals surface area (Å²) in [6.45, 7) is 0.351. The minimum atomic E-state index is -0.0565. The molecule has 1 N–H and O–H groups in total. The molecule has 1 aromatic carbocycles. The maximum absolute atomic E-state index is 11.6. The molecule has 1 amide bonds. The second kappa shape index (κ2) is 5.86. The molecular formula is C11H15BrN2O2. The van der Waals surface area contributed by atoms with Crippen LogP contribution in [0.15, 0.2) is 22.7 Å². The summed E-state index contributed by atoms with van der Waals surface area (Å²) in [5.41, 5.74) is 0.714. The van der Waals surface area contributed by atoms with Crippen LogP contribution in [-0.4, -0.2) is 38.6 Å². The largest absolute Gasteiger partial charge is 0.495 e. The van der Waals surface area contributed by atoms with E-state index in [1.54, 1.807) is 7.11 Å². The van der Waals surface area contributed by atoms with Gasteiger partial charge in [-0.25, -0.2) is 0 Å². The first kappa shape index (κ1) is 13.0. The molecule has 0 radical (unpaired) electrons. The molecule has 0 saturated heterocycles. The lowest BCUT2D eigenvalue weighted by Gasteiger charge is -2.12. The number of methoxy groups -OCH3 is 1. The van der Waals surface area contributed by atoms with E-state index >= 15 is 0 Å². The number of rotatable bonds is 4. The van der Waals surface area contributed by atoms with Crippen molar-refractivity contribution in [2.75, 3.05) is 33.1 Å². The van der Waals surface area contributed by atoms with Gasteiger partial charge in [0.05, 0.1) is 23.8 Å². The number of hydrogen-bond donors (Lipinski definition) is 1. The van der Waals surface area contributed by atoms with E-state index in [9.17, 15) is 4.79 Å². The van der Waals surface area contributed by atoms with Crippen molar-refractivity contribution in [2.45, 2.75) is 0 Å². The topological polar surface area (TPSA) is 41.6 Å². The molecule has 0 spiro atoms. The van der Waals surface area contributed by atoms with E-state index in [2.05, 4.69) is 21.2 Å². The summed E-state index contributed by atoms with van der Waals surface area (Å²) in [6.07, 6.45) is 0. The normalized spacial score (nSPS) is 10.3. The van der Waals surface area contributed by atoms with Gasteiger partial charge >= 0.3 is 0 Å². The molecule has 0 aromatic heterocycles. The first-order valence-electron chi connectivity index (χ1n) is 4.81. The monoisotopic (exact) mass is 286 g/mol. The highest BCUT2D eigenvalue weighted by atomic mass is 79.9. The van der Waals surface area contributed by atoms with Crippen molar-refractivity contribution < 1.29 is 9.53 Å². The van der Waals surface area contributed by atoms with Gasteiger partial charge in [-0.1, -0.05) is 6.07 Å². The minimum Gasteiger partial charge on any atom is -0.495 e. The quantitative estimate of drug-likeness (QED) is 0.920. The molecule has 16 heavy (non-hydrogen) atoms. The van der Waals surface area contributed by atoms with Gasteiger partial charge in [-0.2, -0.15) is 0 Å². The van der Waals surface area contributed by atoms with Crippen molar-refractivity contribution in [3.05, 3.63) is 22.7 Å². The van der Waals surface area contributed by atoms with Crippen molar-refractivity contribution in [1.29, 1.82) is 0 Å². The highest BCUT2D eigenvalue weighted by Crippen LogP contribution is 2.31. The number of benzene rings is 1. The third kappa shape index (κ3) is 3.50. The Bertz CT molecular complexity index is 380. The Morgan fingerprint density at radius 2 is 2.19 bits per heavy atom. The van der Waals surface area contributed by atoms with Crippen molar-refractivity contribution in [3.63, 3.8) is 0 Å². The van der Waals surface area contributed by atoms with Gasteiger partial charge in [0.15, 0.2) is 0 Å².